The van der Waals surface area contributed by atoms with Crippen LogP contribution < -0.4 is 15.8 Å². The molecule has 3 N–H and O–H groups in total. The number of hydrogen-bond acceptors (Lipinski definition) is 7. The van der Waals surface area contributed by atoms with Crippen LogP contribution in [-0.4, -0.2) is 80.8 Å². The van der Waals surface area contributed by atoms with Gasteiger partial charge in [0, 0.05) is 39.1 Å². The Balaban J connectivity index is 1.25. The highest BCUT2D eigenvalue weighted by molar-refractivity contribution is 5.91. The van der Waals surface area contributed by atoms with Gasteiger partial charge in [0.25, 0.3) is 0 Å². The number of fused-ring (bicyclic) bond motifs is 1. The van der Waals surface area contributed by atoms with Crippen molar-refractivity contribution in [1.29, 1.82) is 0 Å². The third-order valence-corrected chi connectivity index (χ3v) is 9.17. The number of benzene rings is 2. The molecule has 4 unspecified atom stereocenters. The number of aryl methyl sites for hydroxylation is 1. The van der Waals surface area contributed by atoms with Gasteiger partial charge in [0.2, 0.25) is 17.7 Å². The zero-order valence-electron chi connectivity index (χ0n) is 26.2. The monoisotopic (exact) mass is 603 g/mol. The zero-order chi connectivity index (χ0) is 31.4. The molecule has 4 atom stereocenters. The normalized spacial score (nSPS) is 20.8. The van der Waals surface area contributed by atoms with Crippen LogP contribution in [0, 0.1) is 11.8 Å². The van der Waals surface area contributed by atoms with Gasteiger partial charge >= 0.3 is 0 Å². The molecule has 2 fully saturated rings. The number of ether oxygens (including phenoxy) is 1. The fraction of sp³-hybridized carbons (Fsp3) is 0.545. The van der Waals surface area contributed by atoms with Crippen molar-refractivity contribution in [1.82, 2.24) is 30.1 Å². The number of nitrogens with one attached hydrogen (secondary N) is 1. The predicted octanol–water partition coefficient (Wildman–Crippen LogP) is 2.81. The summed E-state index contributed by atoms with van der Waals surface area (Å²) >= 11 is 0. The van der Waals surface area contributed by atoms with Gasteiger partial charge in [0.05, 0.1) is 18.7 Å². The molecule has 2 aliphatic heterocycles. The van der Waals surface area contributed by atoms with Crippen LogP contribution in [0.3, 0.4) is 0 Å². The second-order valence-corrected chi connectivity index (χ2v) is 12.6. The first-order valence-corrected chi connectivity index (χ1v) is 15.7. The van der Waals surface area contributed by atoms with Gasteiger partial charge in [-0.25, -0.2) is 4.68 Å². The van der Waals surface area contributed by atoms with Crippen LogP contribution in [0.2, 0.25) is 0 Å². The molecule has 11 heteroatoms. The van der Waals surface area contributed by atoms with E-state index in [9.17, 15) is 14.4 Å². The summed E-state index contributed by atoms with van der Waals surface area (Å²) < 4.78 is 6.99. The molecule has 3 amide bonds. The summed E-state index contributed by atoms with van der Waals surface area (Å²) in [4.78, 5) is 44.0. The maximum absolute atomic E-state index is 13.7. The van der Waals surface area contributed by atoms with E-state index in [2.05, 4.69) is 29.5 Å². The fourth-order valence-electron chi connectivity index (χ4n) is 6.72. The minimum Gasteiger partial charge on any atom is -0.497 e. The van der Waals surface area contributed by atoms with Crippen molar-refractivity contribution in [3.05, 3.63) is 53.6 Å². The van der Waals surface area contributed by atoms with Gasteiger partial charge in [0.15, 0.2) is 0 Å². The van der Waals surface area contributed by atoms with E-state index in [4.69, 9.17) is 10.5 Å². The molecule has 0 spiro atoms. The highest BCUT2D eigenvalue weighted by Crippen LogP contribution is 2.29. The van der Waals surface area contributed by atoms with Crippen molar-refractivity contribution in [2.45, 2.75) is 77.0 Å². The number of aromatic nitrogens is 3. The van der Waals surface area contributed by atoms with E-state index in [1.165, 1.54) is 0 Å². The average molecular weight is 604 g/mol. The molecule has 3 aromatic rings. The Morgan fingerprint density at radius 1 is 1.09 bits per heavy atom. The number of hydrogen-bond donors (Lipinski definition) is 2. The summed E-state index contributed by atoms with van der Waals surface area (Å²) in [6, 6.07) is 12.4. The zero-order valence-corrected chi connectivity index (χ0v) is 26.2. The lowest BCUT2D eigenvalue weighted by Crippen LogP contribution is -2.51. The van der Waals surface area contributed by atoms with Gasteiger partial charge in [0.1, 0.15) is 17.3 Å². The Labute approximate surface area is 259 Å². The molecule has 0 radical (unpaired) electrons. The molecule has 1 aromatic heterocycles. The number of amides is 3. The van der Waals surface area contributed by atoms with Gasteiger partial charge in [-0.05, 0) is 79.3 Å². The van der Waals surface area contributed by atoms with Crippen LogP contribution in [-0.2, 0) is 34.4 Å². The molecule has 0 aliphatic carbocycles. The average Bonchev–Trinajstić information content (AvgIpc) is 3.77. The summed E-state index contributed by atoms with van der Waals surface area (Å²) in [5.41, 5.74) is 10.1. The van der Waals surface area contributed by atoms with E-state index in [1.54, 1.807) is 16.7 Å². The third kappa shape index (κ3) is 7.04. The molecule has 2 aromatic carbocycles. The standard InChI is InChI=1S/C33H45N7O4/c1-21(2)28-6-5-15-39(28)31(41)14-12-26(34)33(43)40-20-24(16-22-7-10-25(44-4)11-8-22)18-30(40)32(42)35-19-23-9-13-29-27(17-23)36-37-38(29)3/h7-11,13,17,21,24,26,28,30H,5-6,12,14-16,18-20,34H2,1-4H3,(H,35,42). The van der Waals surface area contributed by atoms with E-state index in [1.807, 2.05) is 54.4 Å². The van der Waals surface area contributed by atoms with Crippen molar-refractivity contribution < 1.29 is 19.1 Å². The van der Waals surface area contributed by atoms with Crippen molar-refractivity contribution in [2.75, 3.05) is 20.2 Å². The lowest BCUT2D eigenvalue weighted by atomic mass is 9.96. The van der Waals surface area contributed by atoms with Gasteiger partial charge in [-0.1, -0.05) is 37.3 Å². The minimum atomic E-state index is -0.854. The topological polar surface area (TPSA) is 136 Å². The smallest absolute Gasteiger partial charge is 0.243 e. The van der Waals surface area contributed by atoms with Crippen LogP contribution in [0.5, 0.6) is 5.75 Å². The number of likely N-dealkylation sites (tertiary alicyclic amines) is 2. The molecule has 5 rings (SSSR count). The summed E-state index contributed by atoms with van der Waals surface area (Å²) in [5.74, 6) is 0.823. The summed E-state index contributed by atoms with van der Waals surface area (Å²) in [5, 5.41) is 11.2. The molecular weight excluding hydrogens is 558 g/mol. The largest absolute Gasteiger partial charge is 0.497 e. The lowest BCUT2D eigenvalue weighted by molar-refractivity contribution is -0.140. The van der Waals surface area contributed by atoms with E-state index >= 15 is 0 Å². The van der Waals surface area contributed by atoms with E-state index in [0.29, 0.717) is 25.4 Å². The maximum Gasteiger partial charge on any atom is 0.243 e. The Bertz CT molecular complexity index is 1470. The Morgan fingerprint density at radius 3 is 2.57 bits per heavy atom. The highest BCUT2D eigenvalue weighted by Gasteiger charge is 2.41. The number of rotatable bonds is 11. The van der Waals surface area contributed by atoms with Crippen LogP contribution in [0.4, 0.5) is 0 Å². The van der Waals surface area contributed by atoms with Crippen LogP contribution in [0.1, 0.15) is 57.1 Å². The first-order chi connectivity index (χ1) is 21.1. The highest BCUT2D eigenvalue weighted by atomic mass is 16.5. The van der Waals surface area contributed by atoms with E-state index < -0.39 is 12.1 Å². The quantitative estimate of drug-likeness (QED) is 0.344. The van der Waals surface area contributed by atoms with Crippen molar-refractivity contribution >= 4 is 28.8 Å². The molecule has 2 aliphatic rings. The summed E-state index contributed by atoms with van der Waals surface area (Å²) in [6.45, 7) is 5.77. The Hall–Kier alpha value is -3.99. The number of methoxy groups -OCH3 is 1. The molecule has 236 valence electrons. The van der Waals surface area contributed by atoms with Crippen molar-refractivity contribution in [3.8, 4) is 5.75 Å². The number of nitrogens with zero attached hydrogens (tertiary/aromatic N) is 5. The van der Waals surface area contributed by atoms with Crippen molar-refractivity contribution in [3.63, 3.8) is 0 Å². The number of carbonyl (C=O) groups excluding carboxylic acids is 3. The van der Waals surface area contributed by atoms with Crippen LogP contribution in [0.15, 0.2) is 42.5 Å². The summed E-state index contributed by atoms with van der Waals surface area (Å²) in [6.07, 6.45) is 3.75. The number of carbonyl (C=O) groups is 3. The molecule has 44 heavy (non-hydrogen) atoms. The number of nitrogens with two attached hydrogens (primary N) is 1. The molecule has 0 bridgehead atoms. The van der Waals surface area contributed by atoms with Gasteiger partial charge in [-0.3, -0.25) is 14.4 Å². The van der Waals surface area contributed by atoms with Gasteiger partial charge in [-0.15, -0.1) is 5.10 Å². The second-order valence-electron chi connectivity index (χ2n) is 12.6. The molecule has 11 nitrogen and oxygen atoms in total. The van der Waals surface area contributed by atoms with E-state index in [0.717, 1.165) is 53.7 Å². The Morgan fingerprint density at radius 2 is 1.84 bits per heavy atom. The van der Waals surface area contributed by atoms with Gasteiger partial charge in [-0.2, -0.15) is 0 Å². The first kappa shape index (κ1) is 31.4. The minimum absolute atomic E-state index is 0.0534. The third-order valence-electron chi connectivity index (χ3n) is 9.17. The molecule has 2 saturated heterocycles. The van der Waals surface area contributed by atoms with E-state index in [-0.39, 0.29) is 42.5 Å². The maximum atomic E-state index is 13.7. The predicted molar refractivity (Wildman–Crippen MR) is 167 cm³/mol. The van der Waals surface area contributed by atoms with Crippen LogP contribution >= 0.6 is 0 Å². The van der Waals surface area contributed by atoms with Crippen molar-refractivity contribution in [2.24, 2.45) is 24.6 Å². The SMILES string of the molecule is COc1ccc(CC2CC(C(=O)NCc3ccc4c(c3)nnn4C)N(C(=O)C(N)CCC(=O)N3CCCC3C(C)C)C2)cc1. The first-order valence-electron chi connectivity index (χ1n) is 15.7. The molecule has 3 heterocycles. The van der Waals surface area contributed by atoms with Gasteiger partial charge < -0.3 is 25.6 Å². The lowest BCUT2D eigenvalue weighted by Gasteiger charge is -2.29. The molecule has 0 saturated carbocycles. The molecular formula is C33H45N7O4. The summed E-state index contributed by atoms with van der Waals surface area (Å²) in [7, 11) is 3.47. The Kier molecular flexibility index (Phi) is 9.83. The fourth-order valence-corrected chi connectivity index (χ4v) is 6.72. The van der Waals surface area contributed by atoms with Crippen LogP contribution in [0.25, 0.3) is 11.0 Å². The second kappa shape index (κ2) is 13.8.